The number of sulfonamides is 1. The average Bonchev–Trinajstić information content (AvgIpc) is 3.49. The Hall–Kier alpha value is -3.77. The summed E-state index contributed by atoms with van der Waals surface area (Å²) in [4.78, 5) is 20.7. The highest BCUT2D eigenvalue weighted by molar-refractivity contribution is 7.92. The fourth-order valence-electron chi connectivity index (χ4n) is 5.45. The van der Waals surface area contributed by atoms with Crippen LogP contribution in [0.2, 0.25) is 0 Å². The quantitative estimate of drug-likeness (QED) is 0.359. The Morgan fingerprint density at radius 2 is 1.86 bits per heavy atom. The van der Waals surface area contributed by atoms with Crippen LogP contribution in [0, 0.1) is 12.8 Å². The number of carbonyl (C=O) groups excluding carboxylic acids is 1. The lowest BCUT2D eigenvalue weighted by Crippen LogP contribution is -2.44. The van der Waals surface area contributed by atoms with Gasteiger partial charge in [-0.25, -0.2) is 8.42 Å². The van der Waals surface area contributed by atoms with E-state index in [9.17, 15) is 13.2 Å². The van der Waals surface area contributed by atoms with Gasteiger partial charge in [0, 0.05) is 24.7 Å². The Labute approximate surface area is 248 Å². The van der Waals surface area contributed by atoms with Crippen LogP contribution < -0.4 is 30.7 Å². The number of anilines is 3. The number of aryl methyl sites for hydroxylation is 1. The number of hydrazine groups is 2. The Morgan fingerprint density at radius 3 is 2.48 bits per heavy atom. The first-order valence-corrected chi connectivity index (χ1v) is 16.1. The second-order valence-corrected chi connectivity index (χ2v) is 14.1. The number of likely N-dealkylation sites (N-methyl/N-ethyl adjacent to an activating group) is 1. The topological polar surface area (TPSA) is 127 Å². The second kappa shape index (κ2) is 11.1. The molecule has 0 radical (unpaired) electrons. The van der Waals surface area contributed by atoms with Gasteiger partial charge in [0.25, 0.3) is 5.91 Å². The van der Waals surface area contributed by atoms with Crippen LogP contribution in [0.5, 0.6) is 5.75 Å². The fraction of sp³-hybridized carbons (Fsp3) is 0.467. The second-order valence-electron chi connectivity index (χ2n) is 12.3. The van der Waals surface area contributed by atoms with Crippen molar-refractivity contribution in [1.82, 2.24) is 15.9 Å². The van der Waals surface area contributed by atoms with Crippen LogP contribution in [0.4, 0.5) is 17.1 Å². The molecule has 11 nitrogen and oxygen atoms in total. The maximum absolute atomic E-state index is 13.6. The highest BCUT2D eigenvalue weighted by Gasteiger charge is 2.36. The Bertz CT molecular complexity index is 1560. The van der Waals surface area contributed by atoms with E-state index in [4.69, 9.17) is 9.73 Å². The van der Waals surface area contributed by atoms with Crippen LogP contribution in [0.1, 0.15) is 61.5 Å². The lowest BCUT2D eigenvalue weighted by molar-refractivity contribution is 0.102. The largest absolute Gasteiger partial charge is 0.492 e. The summed E-state index contributed by atoms with van der Waals surface area (Å²) in [7, 11) is -0.0376. The highest BCUT2D eigenvalue weighted by Crippen LogP contribution is 2.39. The van der Waals surface area contributed by atoms with Gasteiger partial charge < -0.3 is 20.4 Å². The van der Waals surface area contributed by atoms with Crippen molar-refractivity contribution in [2.75, 3.05) is 42.0 Å². The van der Waals surface area contributed by atoms with Gasteiger partial charge in [-0.2, -0.15) is 0 Å². The van der Waals surface area contributed by atoms with Gasteiger partial charge in [-0.3, -0.25) is 19.5 Å². The van der Waals surface area contributed by atoms with E-state index in [-0.39, 0.29) is 28.8 Å². The summed E-state index contributed by atoms with van der Waals surface area (Å²) < 4.78 is 32.3. The maximum atomic E-state index is 13.6. The summed E-state index contributed by atoms with van der Waals surface area (Å²) in [5.41, 5.74) is 10.9. The molecule has 2 aromatic rings. The smallest absolute Gasteiger partial charge is 0.255 e. The number of amidine groups is 1. The predicted molar refractivity (Wildman–Crippen MR) is 167 cm³/mol. The minimum Gasteiger partial charge on any atom is -0.492 e. The standard InChI is InChI=1S/C30H41N7O4S/c1-18-11-12-20(13-25(18)37-17-24(33-35-37)26-16-31-28(36(26)5)19-9-8-10-19)29(38)32-22-14-21(30(2,3)4)15-23(27(22)41-6)34-42(7,39)40/h11-15,17,19,26,33-35H,8-10,16H2,1-7H3,(H,32,38). The molecule has 226 valence electrons. The highest BCUT2D eigenvalue weighted by atomic mass is 32.2. The summed E-state index contributed by atoms with van der Waals surface area (Å²) in [6.07, 6.45) is 6.79. The summed E-state index contributed by atoms with van der Waals surface area (Å²) in [6, 6.07) is 9.17. The molecule has 0 aromatic heterocycles. The molecular weight excluding hydrogens is 554 g/mol. The normalized spacial score (nSPS) is 19.2. The predicted octanol–water partition coefficient (Wildman–Crippen LogP) is 4.11. The maximum Gasteiger partial charge on any atom is 0.255 e. The molecule has 2 aromatic carbocycles. The van der Waals surface area contributed by atoms with Crippen molar-refractivity contribution in [2.45, 2.75) is 58.4 Å². The molecule has 1 saturated carbocycles. The summed E-state index contributed by atoms with van der Waals surface area (Å²) >= 11 is 0. The molecule has 42 heavy (non-hydrogen) atoms. The number of ether oxygens (including phenoxy) is 1. The number of hydrogen-bond donors (Lipinski definition) is 4. The van der Waals surface area contributed by atoms with Crippen LogP contribution in [0.15, 0.2) is 47.2 Å². The van der Waals surface area contributed by atoms with Crippen molar-refractivity contribution in [2.24, 2.45) is 10.9 Å². The molecule has 1 atom stereocenters. The monoisotopic (exact) mass is 595 g/mol. The van der Waals surface area contributed by atoms with Crippen molar-refractivity contribution in [3.8, 4) is 5.75 Å². The molecule has 2 aliphatic heterocycles. The van der Waals surface area contributed by atoms with Crippen molar-refractivity contribution in [3.63, 3.8) is 0 Å². The molecular formula is C30H41N7O4S. The van der Waals surface area contributed by atoms with Crippen molar-refractivity contribution < 1.29 is 17.9 Å². The molecule has 2 heterocycles. The number of methoxy groups -OCH3 is 1. The minimum atomic E-state index is -3.59. The van der Waals surface area contributed by atoms with Crippen LogP contribution in [0.25, 0.3) is 0 Å². The third-order valence-electron chi connectivity index (χ3n) is 8.11. The van der Waals surface area contributed by atoms with Crippen LogP contribution in [0.3, 0.4) is 0 Å². The van der Waals surface area contributed by atoms with E-state index in [0.717, 1.165) is 28.8 Å². The van der Waals surface area contributed by atoms with E-state index in [1.165, 1.54) is 32.2 Å². The molecule has 0 saturated heterocycles. The number of hydrogen-bond acceptors (Lipinski definition) is 9. The number of nitrogens with zero attached hydrogens (tertiary/aromatic N) is 3. The molecule has 4 N–H and O–H groups in total. The van der Waals surface area contributed by atoms with Gasteiger partial charge in [-0.05, 0) is 60.6 Å². The molecule has 5 rings (SSSR count). The first-order chi connectivity index (χ1) is 19.7. The number of rotatable bonds is 8. The summed E-state index contributed by atoms with van der Waals surface area (Å²) in [6.45, 7) is 8.74. The van der Waals surface area contributed by atoms with Gasteiger partial charge in [0.2, 0.25) is 10.0 Å². The number of aliphatic imine (C=N–C) groups is 1. The first-order valence-electron chi connectivity index (χ1n) is 14.2. The van der Waals surface area contributed by atoms with Gasteiger partial charge in [0.05, 0.1) is 48.7 Å². The van der Waals surface area contributed by atoms with Gasteiger partial charge >= 0.3 is 0 Å². The zero-order valence-corrected chi connectivity index (χ0v) is 26.1. The van der Waals surface area contributed by atoms with Crippen LogP contribution >= 0.6 is 0 Å². The van der Waals surface area contributed by atoms with Gasteiger partial charge in [-0.15, -0.1) is 5.53 Å². The Morgan fingerprint density at radius 1 is 1.14 bits per heavy atom. The Balaban J connectivity index is 1.39. The van der Waals surface area contributed by atoms with Crippen molar-refractivity contribution >= 4 is 38.8 Å². The van der Waals surface area contributed by atoms with E-state index in [2.05, 4.69) is 32.9 Å². The van der Waals surface area contributed by atoms with Gasteiger partial charge in [0.15, 0.2) is 5.75 Å². The molecule has 1 amide bonds. The van der Waals surface area contributed by atoms with Crippen LogP contribution in [-0.4, -0.2) is 58.1 Å². The molecule has 0 spiro atoms. The molecule has 12 heteroatoms. The summed E-state index contributed by atoms with van der Waals surface area (Å²) in [5.74, 6) is 1.65. The van der Waals surface area contributed by atoms with Gasteiger partial charge in [0.1, 0.15) is 5.84 Å². The Kier molecular flexibility index (Phi) is 7.88. The average molecular weight is 596 g/mol. The molecule has 1 fully saturated rings. The molecule has 3 aliphatic rings. The number of carbonyl (C=O) groups is 1. The van der Waals surface area contributed by atoms with Gasteiger partial charge in [-0.1, -0.05) is 33.3 Å². The molecule has 1 unspecified atom stereocenters. The minimum absolute atomic E-state index is 0.127. The number of nitrogens with one attached hydrogen (secondary N) is 4. The SMILES string of the molecule is COc1c(NC(=O)c2ccc(C)c(N3C=C(C4CN=C(C5CCC5)N4C)NN3)c2)cc(C(C)(C)C)cc1NS(C)(=O)=O. The zero-order valence-electron chi connectivity index (χ0n) is 25.3. The lowest BCUT2D eigenvalue weighted by atomic mass is 9.84. The third kappa shape index (κ3) is 6.05. The van der Waals surface area contributed by atoms with E-state index >= 15 is 0 Å². The van der Waals surface area contributed by atoms with E-state index < -0.39 is 10.0 Å². The van der Waals surface area contributed by atoms with Crippen molar-refractivity contribution in [1.29, 1.82) is 0 Å². The van der Waals surface area contributed by atoms with E-state index in [1.807, 2.05) is 57.1 Å². The first kappa shape index (κ1) is 29.7. The number of amides is 1. The molecule has 0 bridgehead atoms. The lowest BCUT2D eigenvalue weighted by Gasteiger charge is -2.32. The van der Waals surface area contributed by atoms with E-state index in [1.54, 1.807) is 12.1 Å². The van der Waals surface area contributed by atoms with E-state index in [0.29, 0.717) is 23.7 Å². The third-order valence-corrected chi connectivity index (χ3v) is 8.70. The fourth-order valence-corrected chi connectivity index (χ4v) is 6.00. The molecule has 1 aliphatic carbocycles. The number of benzene rings is 2. The zero-order chi connectivity index (χ0) is 30.4. The van der Waals surface area contributed by atoms with Crippen molar-refractivity contribution in [3.05, 3.63) is 58.9 Å². The van der Waals surface area contributed by atoms with Crippen LogP contribution in [-0.2, 0) is 15.4 Å². The summed E-state index contributed by atoms with van der Waals surface area (Å²) in [5, 5.41) is 4.83.